The van der Waals surface area contributed by atoms with Crippen LogP contribution in [0.15, 0.2) is 78.2 Å². The summed E-state index contributed by atoms with van der Waals surface area (Å²) in [4.78, 5) is 16.9. The fourth-order valence-corrected chi connectivity index (χ4v) is 3.71. The number of rotatable bonds is 6. The van der Waals surface area contributed by atoms with E-state index in [0.717, 1.165) is 0 Å². The van der Waals surface area contributed by atoms with Crippen molar-refractivity contribution in [1.82, 2.24) is 4.98 Å². The standard InChI is InChI=1S/C23H16F2N2O2S/c24-17-9-3-1-7-15(17)23-27-20(14-30-23)16-8-2-5-11-19(16)26-22(28)13-29-21-12-6-4-10-18(21)25/h1-12,14H,13H2,(H,26,28). The third-order valence-corrected chi connectivity index (χ3v) is 5.16. The van der Waals surface area contributed by atoms with Gasteiger partial charge in [-0.3, -0.25) is 4.79 Å². The maximum atomic E-state index is 14.1. The van der Waals surface area contributed by atoms with Crippen LogP contribution in [-0.2, 0) is 4.79 Å². The second-order valence-corrected chi connectivity index (χ2v) is 7.19. The molecule has 1 N–H and O–H groups in total. The highest BCUT2D eigenvalue weighted by Gasteiger charge is 2.14. The Kier molecular flexibility index (Phi) is 5.81. The number of benzene rings is 3. The lowest BCUT2D eigenvalue weighted by Crippen LogP contribution is -2.20. The van der Waals surface area contributed by atoms with Gasteiger partial charge in [0.25, 0.3) is 5.91 Å². The van der Waals surface area contributed by atoms with Gasteiger partial charge in [0.05, 0.1) is 11.4 Å². The summed E-state index contributed by atoms with van der Waals surface area (Å²) in [7, 11) is 0. The Morgan fingerprint density at radius 1 is 0.900 bits per heavy atom. The highest BCUT2D eigenvalue weighted by molar-refractivity contribution is 7.13. The fraction of sp³-hybridized carbons (Fsp3) is 0.0435. The molecule has 1 amide bonds. The number of thiazole rings is 1. The molecule has 0 saturated carbocycles. The van der Waals surface area contributed by atoms with Crippen molar-refractivity contribution in [3.63, 3.8) is 0 Å². The van der Waals surface area contributed by atoms with Crippen molar-refractivity contribution in [3.8, 4) is 27.6 Å². The molecule has 150 valence electrons. The van der Waals surface area contributed by atoms with Crippen LogP contribution in [0.4, 0.5) is 14.5 Å². The Bertz CT molecular complexity index is 1190. The number of ether oxygens (including phenoxy) is 1. The van der Waals surface area contributed by atoms with Crippen molar-refractivity contribution in [2.75, 3.05) is 11.9 Å². The second kappa shape index (κ2) is 8.84. The molecule has 3 aromatic carbocycles. The first kappa shape index (κ1) is 19.7. The van der Waals surface area contributed by atoms with Crippen molar-refractivity contribution in [2.45, 2.75) is 0 Å². The number of aromatic nitrogens is 1. The number of carbonyl (C=O) groups excluding carboxylic acids is 1. The molecule has 0 aliphatic rings. The van der Waals surface area contributed by atoms with Gasteiger partial charge in [0, 0.05) is 16.5 Å². The van der Waals surface area contributed by atoms with E-state index in [1.54, 1.807) is 42.5 Å². The first-order valence-electron chi connectivity index (χ1n) is 9.09. The predicted octanol–water partition coefficient (Wildman–Crippen LogP) is 5.77. The monoisotopic (exact) mass is 422 g/mol. The van der Waals surface area contributed by atoms with Crippen LogP contribution in [-0.4, -0.2) is 17.5 Å². The molecule has 4 rings (SSSR count). The van der Waals surface area contributed by atoms with Crippen molar-refractivity contribution in [3.05, 3.63) is 89.8 Å². The summed E-state index contributed by atoms with van der Waals surface area (Å²) in [6, 6.07) is 19.5. The van der Waals surface area contributed by atoms with Gasteiger partial charge in [-0.2, -0.15) is 0 Å². The summed E-state index contributed by atoms with van der Waals surface area (Å²) in [6.45, 7) is -0.340. The number of carbonyl (C=O) groups is 1. The average Bonchev–Trinajstić information content (AvgIpc) is 3.24. The van der Waals surface area contributed by atoms with E-state index in [1.165, 1.54) is 29.5 Å². The molecular weight excluding hydrogens is 406 g/mol. The van der Waals surface area contributed by atoms with Crippen LogP contribution < -0.4 is 10.1 Å². The molecule has 0 fully saturated rings. The first-order chi connectivity index (χ1) is 14.6. The maximum Gasteiger partial charge on any atom is 0.262 e. The van der Waals surface area contributed by atoms with Crippen molar-refractivity contribution >= 4 is 22.9 Å². The number of hydrogen-bond donors (Lipinski definition) is 1. The molecule has 0 aliphatic heterocycles. The van der Waals surface area contributed by atoms with E-state index in [0.29, 0.717) is 27.5 Å². The lowest BCUT2D eigenvalue weighted by atomic mass is 10.1. The number of nitrogens with one attached hydrogen (secondary N) is 1. The molecule has 30 heavy (non-hydrogen) atoms. The number of para-hydroxylation sites is 2. The van der Waals surface area contributed by atoms with Gasteiger partial charge in [-0.1, -0.05) is 42.5 Å². The molecular formula is C23H16F2N2O2S. The zero-order valence-electron chi connectivity index (χ0n) is 15.6. The molecule has 0 spiro atoms. The van der Waals surface area contributed by atoms with E-state index >= 15 is 0 Å². The quantitative estimate of drug-likeness (QED) is 0.429. The Hall–Kier alpha value is -3.58. The number of anilines is 1. The topological polar surface area (TPSA) is 51.2 Å². The van der Waals surface area contributed by atoms with Gasteiger partial charge in [-0.05, 0) is 30.3 Å². The highest BCUT2D eigenvalue weighted by atomic mass is 32.1. The summed E-state index contributed by atoms with van der Waals surface area (Å²) in [6.07, 6.45) is 0. The van der Waals surface area contributed by atoms with Crippen LogP contribution in [0.2, 0.25) is 0 Å². The fourth-order valence-electron chi connectivity index (χ4n) is 2.86. The Morgan fingerprint density at radius 2 is 1.57 bits per heavy atom. The molecule has 0 bridgehead atoms. The lowest BCUT2D eigenvalue weighted by molar-refractivity contribution is -0.118. The summed E-state index contributed by atoms with van der Waals surface area (Å²) < 4.78 is 32.9. The van der Waals surface area contributed by atoms with Crippen LogP contribution in [0.1, 0.15) is 0 Å². The Balaban J connectivity index is 1.51. The van der Waals surface area contributed by atoms with Gasteiger partial charge in [-0.15, -0.1) is 11.3 Å². The van der Waals surface area contributed by atoms with E-state index in [2.05, 4.69) is 10.3 Å². The van der Waals surface area contributed by atoms with Crippen molar-refractivity contribution < 1.29 is 18.3 Å². The van der Waals surface area contributed by atoms with Gasteiger partial charge < -0.3 is 10.1 Å². The lowest BCUT2D eigenvalue weighted by Gasteiger charge is -2.11. The molecule has 1 aromatic heterocycles. The van der Waals surface area contributed by atoms with E-state index in [4.69, 9.17) is 4.74 Å². The largest absolute Gasteiger partial charge is 0.481 e. The summed E-state index contributed by atoms with van der Waals surface area (Å²) in [5.74, 6) is -1.30. The van der Waals surface area contributed by atoms with Gasteiger partial charge in [0.1, 0.15) is 10.8 Å². The van der Waals surface area contributed by atoms with Crippen LogP contribution in [0.5, 0.6) is 5.75 Å². The normalized spacial score (nSPS) is 10.6. The molecule has 4 aromatic rings. The number of hydrogen-bond acceptors (Lipinski definition) is 4. The average molecular weight is 422 g/mol. The minimum atomic E-state index is -0.533. The zero-order chi connectivity index (χ0) is 20.9. The molecule has 0 aliphatic carbocycles. The summed E-state index contributed by atoms with van der Waals surface area (Å²) >= 11 is 1.32. The van der Waals surface area contributed by atoms with E-state index in [-0.39, 0.29) is 18.2 Å². The van der Waals surface area contributed by atoms with E-state index in [1.807, 2.05) is 17.5 Å². The molecule has 4 nitrogen and oxygen atoms in total. The molecule has 0 radical (unpaired) electrons. The number of amides is 1. The highest BCUT2D eigenvalue weighted by Crippen LogP contribution is 2.33. The second-order valence-electron chi connectivity index (χ2n) is 6.33. The number of nitrogens with zero attached hydrogens (tertiary/aromatic N) is 1. The van der Waals surface area contributed by atoms with Crippen LogP contribution in [0, 0.1) is 11.6 Å². The molecule has 0 atom stereocenters. The maximum absolute atomic E-state index is 14.1. The van der Waals surface area contributed by atoms with Crippen molar-refractivity contribution in [1.29, 1.82) is 0 Å². The van der Waals surface area contributed by atoms with Crippen LogP contribution in [0.25, 0.3) is 21.8 Å². The zero-order valence-corrected chi connectivity index (χ0v) is 16.5. The summed E-state index contributed by atoms with van der Waals surface area (Å²) in [5, 5.41) is 5.12. The van der Waals surface area contributed by atoms with Gasteiger partial charge >= 0.3 is 0 Å². The van der Waals surface area contributed by atoms with Crippen LogP contribution in [0.3, 0.4) is 0 Å². The smallest absolute Gasteiger partial charge is 0.262 e. The van der Waals surface area contributed by atoms with Gasteiger partial charge in [0.2, 0.25) is 0 Å². The van der Waals surface area contributed by atoms with E-state index in [9.17, 15) is 13.6 Å². The van der Waals surface area contributed by atoms with Crippen molar-refractivity contribution in [2.24, 2.45) is 0 Å². The minimum Gasteiger partial charge on any atom is -0.481 e. The summed E-state index contributed by atoms with van der Waals surface area (Å²) in [5.41, 5.74) is 2.26. The molecule has 1 heterocycles. The van der Waals surface area contributed by atoms with Crippen LogP contribution >= 0.6 is 11.3 Å². The third-order valence-electron chi connectivity index (χ3n) is 4.28. The Labute approximate surface area is 175 Å². The Morgan fingerprint density at radius 3 is 2.33 bits per heavy atom. The van der Waals surface area contributed by atoms with Gasteiger partial charge in [-0.25, -0.2) is 13.8 Å². The third kappa shape index (κ3) is 4.36. The number of halogens is 2. The van der Waals surface area contributed by atoms with Gasteiger partial charge in [0.15, 0.2) is 18.2 Å². The molecule has 7 heteroatoms. The molecule has 0 saturated heterocycles. The minimum absolute atomic E-state index is 0.00923. The predicted molar refractivity (Wildman–Crippen MR) is 113 cm³/mol. The SMILES string of the molecule is O=C(COc1ccccc1F)Nc1ccccc1-c1csc(-c2ccccc2F)n1. The van der Waals surface area contributed by atoms with E-state index < -0.39 is 11.7 Å². The molecule has 0 unspecified atom stereocenters. The first-order valence-corrected chi connectivity index (χ1v) is 9.97.